The average Bonchev–Trinajstić information content (AvgIpc) is 2.70. The van der Waals surface area contributed by atoms with E-state index < -0.39 is 0 Å². The van der Waals surface area contributed by atoms with Gasteiger partial charge < -0.3 is 15.7 Å². The summed E-state index contributed by atoms with van der Waals surface area (Å²) in [6, 6.07) is 28.1. The molecule has 0 saturated heterocycles. The summed E-state index contributed by atoms with van der Waals surface area (Å²) in [4.78, 5) is 12.4. The molecule has 0 radical (unpaired) electrons. The molecule has 4 aromatic carbocycles. The number of benzene rings is 4. The van der Waals surface area contributed by atoms with E-state index in [1.54, 1.807) is 24.3 Å². The average molecular weight is 354 g/mol. The number of urea groups is 1. The Kier molecular flexibility index (Phi) is 4.45. The second-order valence-electron chi connectivity index (χ2n) is 6.20. The number of amides is 2. The van der Waals surface area contributed by atoms with Crippen LogP contribution in [0.4, 0.5) is 16.2 Å². The number of fused-ring (bicyclic) bond motifs is 1. The maximum absolute atomic E-state index is 12.4. The summed E-state index contributed by atoms with van der Waals surface area (Å²) in [7, 11) is 0. The van der Waals surface area contributed by atoms with Crippen LogP contribution in [-0.4, -0.2) is 11.1 Å². The molecule has 0 heterocycles. The minimum atomic E-state index is -0.335. The SMILES string of the molecule is O=C(Nc1ccc(-c2ccccc2)cc1)Nc1cccc2c(O)cccc12. The number of rotatable bonds is 3. The molecule has 3 N–H and O–H groups in total. The van der Waals surface area contributed by atoms with Crippen LogP contribution in [0.3, 0.4) is 0 Å². The zero-order valence-corrected chi connectivity index (χ0v) is 14.5. The van der Waals surface area contributed by atoms with Crippen LogP contribution < -0.4 is 10.6 Å². The quantitative estimate of drug-likeness (QED) is 0.432. The van der Waals surface area contributed by atoms with E-state index in [9.17, 15) is 9.90 Å². The highest BCUT2D eigenvalue weighted by atomic mass is 16.3. The first kappa shape index (κ1) is 16.7. The van der Waals surface area contributed by atoms with Crippen LogP contribution in [0, 0.1) is 0 Å². The number of carbonyl (C=O) groups is 1. The van der Waals surface area contributed by atoms with Gasteiger partial charge in [0.25, 0.3) is 0 Å². The van der Waals surface area contributed by atoms with Crippen molar-refractivity contribution >= 4 is 28.2 Å². The van der Waals surface area contributed by atoms with Gasteiger partial charge in [-0.3, -0.25) is 0 Å². The molecule has 132 valence electrons. The van der Waals surface area contributed by atoms with E-state index in [-0.39, 0.29) is 11.8 Å². The first-order chi connectivity index (χ1) is 13.2. The van der Waals surface area contributed by atoms with Gasteiger partial charge in [0.05, 0.1) is 5.69 Å². The predicted octanol–water partition coefficient (Wildman–Crippen LogP) is 5.86. The molecule has 0 spiro atoms. The van der Waals surface area contributed by atoms with Crippen molar-refractivity contribution in [1.29, 1.82) is 0 Å². The first-order valence-corrected chi connectivity index (χ1v) is 8.65. The Morgan fingerprint density at radius 1 is 0.630 bits per heavy atom. The number of nitrogens with one attached hydrogen (secondary N) is 2. The molecule has 4 heteroatoms. The zero-order valence-electron chi connectivity index (χ0n) is 14.5. The molecule has 4 rings (SSSR count). The van der Waals surface area contributed by atoms with E-state index >= 15 is 0 Å². The number of carbonyl (C=O) groups excluding carboxylic acids is 1. The molecule has 27 heavy (non-hydrogen) atoms. The van der Waals surface area contributed by atoms with E-state index in [1.165, 1.54) is 0 Å². The predicted molar refractivity (Wildman–Crippen MR) is 110 cm³/mol. The molecule has 2 amide bonds. The number of phenols is 1. The Hall–Kier alpha value is -3.79. The number of hydrogen-bond donors (Lipinski definition) is 3. The Labute approximate surface area is 157 Å². The van der Waals surface area contributed by atoms with Crippen LogP contribution >= 0.6 is 0 Å². The summed E-state index contributed by atoms with van der Waals surface area (Å²) >= 11 is 0. The Bertz CT molecular complexity index is 1090. The van der Waals surface area contributed by atoms with Gasteiger partial charge in [0.2, 0.25) is 0 Å². The number of phenolic OH excluding ortho intramolecular Hbond substituents is 1. The number of anilines is 2. The highest BCUT2D eigenvalue weighted by Gasteiger charge is 2.08. The monoisotopic (exact) mass is 354 g/mol. The van der Waals surface area contributed by atoms with E-state index in [4.69, 9.17) is 0 Å². The number of aromatic hydroxyl groups is 1. The summed E-state index contributed by atoms with van der Waals surface area (Å²) in [6.07, 6.45) is 0. The van der Waals surface area contributed by atoms with Gasteiger partial charge in [-0.1, -0.05) is 66.7 Å². The third-order valence-corrected chi connectivity index (χ3v) is 4.40. The van der Waals surface area contributed by atoms with Crippen molar-refractivity contribution in [2.75, 3.05) is 10.6 Å². The van der Waals surface area contributed by atoms with Crippen LogP contribution in [0.5, 0.6) is 5.75 Å². The fourth-order valence-electron chi connectivity index (χ4n) is 3.06. The lowest BCUT2D eigenvalue weighted by Crippen LogP contribution is -2.19. The molecule has 4 aromatic rings. The highest BCUT2D eigenvalue weighted by molar-refractivity contribution is 6.07. The third-order valence-electron chi connectivity index (χ3n) is 4.40. The molecule has 0 aromatic heterocycles. The lowest BCUT2D eigenvalue weighted by Gasteiger charge is -2.11. The molecule has 0 fully saturated rings. The second kappa shape index (κ2) is 7.22. The second-order valence-corrected chi connectivity index (χ2v) is 6.20. The summed E-state index contributed by atoms with van der Waals surface area (Å²) in [6.45, 7) is 0. The summed E-state index contributed by atoms with van der Waals surface area (Å²) < 4.78 is 0. The van der Waals surface area contributed by atoms with Crippen LogP contribution in [0.25, 0.3) is 21.9 Å². The molecule has 4 nitrogen and oxygen atoms in total. The fraction of sp³-hybridized carbons (Fsp3) is 0. The normalized spacial score (nSPS) is 10.5. The maximum atomic E-state index is 12.4. The van der Waals surface area contributed by atoms with Crippen LogP contribution in [0.2, 0.25) is 0 Å². The van der Waals surface area contributed by atoms with Gasteiger partial charge in [-0.15, -0.1) is 0 Å². The topological polar surface area (TPSA) is 61.4 Å². The van der Waals surface area contributed by atoms with Crippen LogP contribution in [-0.2, 0) is 0 Å². The van der Waals surface area contributed by atoms with Gasteiger partial charge in [-0.25, -0.2) is 4.79 Å². The summed E-state index contributed by atoms with van der Waals surface area (Å²) in [5.74, 6) is 0.188. The van der Waals surface area contributed by atoms with Crippen molar-refractivity contribution < 1.29 is 9.90 Å². The fourth-order valence-corrected chi connectivity index (χ4v) is 3.06. The van der Waals surface area contributed by atoms with Gasteiger partial charge in [0, 0.05) is 16.5 Å². The van der Waals surface area contributed by atoms with Crippen molar-refractivity contribution in [3.63, 3.8) is 0 Å². The van der Waals surface area contributed by atoms with Crippen LogP contribution in [0.15, 0.2) is 91.0 Å². The van der Waals surface area contributed by atoms with Crippen LogP contribution in [0.1, 0.15) is 0 Å². The standard InChI is InChI=1S/C23H18N2O2/c26-22-11-5-8-19-20(22)9-4-10-21(19)25-23(27)24-18-14-12-17(13-15-18)16-6-2-1-3-7-16/h1-15,26H,(H2,24,25,27). The molecular weight excluding hydrogens is 336 g/mol. The Morgan fingerprint density at radius 3 is 2.07 bits per heavy atom. The van der Waals surface area contributed by atoms with Crippen molar-refractivity contribution in [2.24, 2.45) is 0 Å². The maximum Gasteiger partial charge on any atom is 0.323 e. The van der Waals surface area contributed by atoms with Gasteiger partial charge in [0.15, 0.2) is 0 Å². The van der Waals surface area contributed by atoms with E-state index in [1.807, 2.05) is 66.7 Å². The molecule has 0 bridgehead atoms. The van der Waals surface area contributed by atoms with E-state index in [2.05, 4.69) is 10.6 Å². The van der Waals surface area contributed by atoms with Gasteiger partial charge in [0.1, 0.15) is 5.75 Å². The smallest absolute Gasteiger partial charge is 0.323 e. The van der Waals surface area contributed by atoms with E-state index in [0.29, 0.717) is 16.8 Å². The Balaban J connectivity index is 1.50. The van der Waals surface area contributed by atoms with Gasteiger partial charge in [-0.2, -0.15) is 0 Å². The molecule has 0 saturated carbocycles. The minimum absolute atomic E-state index is 0.188. The largest absolute Gasteiger partial charge is 0.507 e. The summed E-state index contributed by atoms with van der Waals surface area (Å²) in [5, 5.41) is 17.1. The van der Waals surface area contributed by atoms with Crippen molar-refractivity contribution in [1.82, 2.24) is 0 Å². The van der Waals surface area contributed by atoms with Gasteiger partial charge >= 0.3 is 6.03 Å². The zero-order chi connectivity index (χ0) is 18.6. The minimum Gasteiger partial charge on any atom is -0.507 e. The lowest BCUT2D eigenvalue weighted by molar-refractivity contribution is 0.262. The molecule has 0 aliphatic rings. The molecular formula is C23H18N2O2. The number of hydrogen-bond acceptors (Lipinski definition) is 2. The molecule has 0 aliphatic carbocycles. The van der Waals surface area contributed by atoms with Crippen molar-refractivity contribution in [3.8, 4) is 16.9 Å². The van der Waals surface area contributed by atoms with Gasteiger partial charge in [-0.05, 0) is 35.4 Å². The molecule has 0 unspecified atom stereocenters. The Morgan fingerprint density at radius 2 is 1.30 bits per heavy atom. The van der Waals surface area contributed by atoms with Crippen molar-refractivity contribution in [2.45, 2.75) is 0 Å². The molecule has 0 atom stereocenters. The molecule has 0 aliphatic heterocycles. The van der Waals surface area contributed by atoms with Crippen molar-refractivity contribution in [3.05, 3.63) is 91.0 Å². The third kappa shape index (κ3) is 3.60. The lowest BCUT2D eigenvalue weighted by atomic mass is 10.1. The highest BCUT2D eigenvalue weighted by Crippen LogP contribution is 2.30. The first-order valence-electron chi connectivity index (χ1n) is 8.65. The van der Waals surface area contributed by atoms with E-state index in [0.717, 1.165) is 16.5 Å². The summed E-state index contributed by atoms with van der Waals surface area (Å²) in [5.41, 5.74) is 3.56.